The van der Waals surface area contributed by atoms with E-state index in [9.17, 15) is 0 Å². The van der Waals surface area contributed by atoms with Crippen LogP contribution in [0.15, 0.2) is 105 Å². The predicted molar refractivity (Wildman–Crippen MR) is 172 cm³/mol. The Kier molecular flexibility index (Phi) is 18.6. The van der Waals surface area contributed by atoms with E-state index in [0.29, 0.717) is 0 Å². The van der Waals surface area contributed by atoms with E-state index >= 15 is 0 Å². The second-order valence-electron chi connectivity index (χ2n) is 9.36. The topological polar surface area (TPSA) is 0 Å². The fourth-order valence-electron chi connectivity index (χ4n) is 2.89. The van der Waals surface area contributed by atoms with Gasteiger partial charge < -0.3 is 0 Å². The first-order valence-corrected chi connectivity index (χ1v) is 11.3. The minimum absolute atomic E-state index is 0. The SMILES string of the molecule is C.C.C.C=C(C)c1cccc(C(=C)C)c1.C=C(C)c1ccccc1.C=Cc1ccc(C(C)(C)C)cc1. The molecule has 0 aromatic heterocycles. The maximum atomic E-state index is 3.90. The van der Waals surface area contributed by atoms with Crippen LogP contribution in [0, 0.1) is 0 Å². The van der Waals surface area contributed by atoms with E-state index < -0.39 is 0 Å². The smallest absolute Gasteiger partial charge is 0.0132 e. The summed E-state index contributed by atoms with van der Waals surface area (Å²) in [5.74, 6) is 0. The molecule has 0 amide bonds. The van der Waals surface area contributed by atoms with Crippen LogP contribution in [0.25, 0.3) is 22.8 Å². The van der Waals surface area contributed by atoms with Crippen LogP contribution in [0.5, 0.6) is 0 Å². The van der Waals surface area contributed by atoms with Crippen LogP contribution in [-0.4, -0.2) is 0 Å². The van der Waals surface area contributed by atoms with Crippen LogP contribution in [0.1, 0.15) is 91.6 Å². The highest BCUT2D eigenvalue weighted by Gasteiger charge is 2.12. The molecule has 3 rings (SSSR count). The van der Waals surface area contributed by atoms with Crippen molar-refractivity contribution in [2.75, 3.05) is 0 Å². The van der Waals surface area contributed by atoms with Crippen LogP contribution in [0.4, 0.5) is 0 Å². The highest BCUT2D eigenvalue weighted by atomic mass is 14.2. The lowest BCUT2D eigenvalue weighted by Gasteiger charge is -2.18. The molecular weight excluding hydrogens is 432 g/mol. The van der Waals surface area contributed by atoms with E-state index in [2.05, 4.69) is 102 Å². The van der Waals surface area contributed by atoms with Crippen molar-refractivity contribution in [3.63, 3.8) is 0 Å². The van der Waals surface area contributed by atoms with E-state index in [0.717, 1.165) is 16.7 Å². The van der Waals surface area contributed by atoms with Crippen molar-refractivity contribution in [2.45, 2.75) is 69.2 Å². The lowest BCUT2D eigenvalue weighted by atomic mass is 9.87. The summed E-state index contributed by atoms with van der Waals surface area (Å²) in [5, 5.41) is 0. The lowest BCUT2D eigenvalue weighted by molar-refractivity contribution is 0.590. The first kappa shape index (κ1) is 37.2. The molecule has 0 heteroatoms. The van der Waals surface area contributed by atoms with Crippen LogP contribution in [-0.2, 0) is 5.41 Å². The second kappa shape index (κ2) is 18.0. The average molecular weight is 485 g/mol. The summed E-state index contributed by atoms with van der Waals surface area (Å²) in [5.41, 5.74) is 9.71. The van der Waals surface area contributed by atoms with E-state index in [4.69, 9.17) is 0 Å². The van der Waals surface area contributed by atoms with Crippen molar-refractivity contribution in [3.8, 4) is 0 Å². The maximum absolute atomic E-state index is 3.90. The first-order chi connectivity index (χ1) is 15.5. The van der Waals surface area contributed by atoms with Gasteiger partial charge in [-0.15, -0.1) is 0 Å². The van der Waals surface area contributed by atoms with Crippen LogP contribution >= 0.6 is 0 Å². The quantitative estimate of drug-likeness (QED) is 0.345. The molecule has 0 nitrogen and oxygen atoms in total. The highest BCUT2D eigenvalue weighted by molar-refractivity contribution is 5.68. The standard InChI is InChI=1S/C12H14.C12H16.C9H10.3CH4/c1-9(2)11-6-5-7-12(8-11)10(3)4;1-5-10-6-8-11(9-7-10)12(2,3)4;1-8(2)9-6-4-3-5-7-9;;;/h5-8H,1,3H2,2,4H3;5-9H,1H2,2-4H3;3-7H,1H2,2H3;3*1H4. The summed E-state index contributed by atoms with van der Waals surface area (Å²) in [7, 11) is 0. The molecule has 0 radical (unpaired) electrons. The van der Waals surface area contributed by atoms with Crippen molar-refractivity contribution in [3.05, 3.63) is 133 Å². The molecule has 196 valence electrons. The zero-order valence-electron chi connectivity index (χ0n) is 21.4. The summed E-state index contributed by atoms with van der Waals surface area (Å²) >= 11 is 0. The molecule has 3 aromatic carbocycles. The van der Waals surface area contributed by atoms with Gasteiger partial charge in [0.15, 0.2) is 0 Å². The maximum Gasteiger partial charge on any atom is -0.0132 e. The number of rotatable bonds is 4. The molecule has 0 spiro atoms. The van der Waals surface area contributed by atoms with Crippen LogP contribution in [0.3, 0.4) is 0 Å². The van der Waals surface area contributed by atoms with Crippen molar-refractivity contribution in [1.82, 2.24) is 0 Å². The van der Waals surface area contributed by atoms with Gasteiger partial charge in [0.1, 0.15) is 0 Å². The zero-order valence-corrected chi connectivity index (χ0v) is 21.4. The monoisotopic (exact) mass is 484 g/mol. The molecule has 3 aromatic rings. The molecule has 0 aliphatic rings. The molecule has 0 saturated heterocycles. The Bertz CT molecular complexity index is 1030. The normalized spacial score (nSPS) is 9.17. The fourth-order valence-corrected chi connectivity index (χ4v) is 2.89. The number of hydrogen-bond donors (Lipinski definition) is 0. The molecule has 0 atom stereocenters. The minimum atomic E-state index is 0. The van der Waals surface area contributed by atoms with Crippen molar-refractivity contribution < 1.29 is 0 Å². The molecule has 0 heterocycles. The third-order valence-electron chi connectivity index (χ3n) is 5.13. The van der Waals surface area contributed by atoms with E-state index in [1.165, 1.54) is 27.8 Å². The van der Waals surface area contributed by atoms with Gasteiger partial charge in [-0.25, -0.2) is 0 Å². The Morgan fingerprint density at radius 2 is 0.972 bits per heavy atom. The van der Waals surface area contributed by atoms with Crippen molar-refractivity contribution >= 4 is 22.8 Å². The molecule has 0 bridgehead atoms. The van der Waals surface area contributed by atoms with Gasteiger partial charge in [-0.1, -0.05) is 165 Å². The van der Waals surface area contributed by atoms with Crippen LogP contribution < -0.4 is 0 Å². The molecule has 0 aliphatic heterocycles. The van der Waals surface area contributed by atoms with Gasteiger partial charge >= 0.3 is 0 Å². The molecule has 0 saturated carbocycles. The largest absolute Gasteiger partial charge is 0.0985 e. The van der Waals surface area contributed by atoms with Crippen molar-refractivity contribution in [2.24, 2.45) is 0 Å². The van der Waals surface area contributed by atoms with Gasteiger partial charge in [0.2, 0.25) is 0 Å². The van der Waals surface area contributed by atoms with E-state index in [1.807, 2.05) is 51.1 Å². The lowest BCUT2D eigenvalue weighted by Crippen LogP contribution is -2.10. The fraction of sp³-hybridized carbons (Fsp3) is 0.278. The summed E-state index contributed by atoms with van der Waals surface area (Å²) in [6.07, 6.45) is 1.87. The van der Waals surface area contributed by atoms with E-state index in [1.54, 1.807) is 0 Å². The van der Waals surface area contributed by atoms with Gasteiger partial charge in [-0.3, -0.25) is 0 Å². The minimum Gasteiger partial charge on any atom is -0.0985 e. The summed E-state index contributed by atoms with van der Waals surface area (Å²) in [4.78, 5) is 0. The third-order valence-corrected chi connectivity index (χ3v) is 5.13. The Morgan fingerprint density at radius 1 is 0.583 bits per heavy atom. The Labute approximate surface area is 224 Å². The van der Waals surface area contributed by atoms with Gasteiger partial charge in [-0.05, 0) is 60.1 Å². The van der Waals surface area contributed by atoms with E-state index in [-0.39, 0.29) is 27.7 Å². The molecule has 0 fully saturated rings. The number of hydrogen-bond acceptors (Lipinski definition) is 0. The Morgan fingerprint density at radius 3 is 1.28 bits per heavy atom. The predicted octanol–water partition coefficient (Wildman–Crippen LogP) is 12.0. The molecule has 0 unspecified atom stereocenters. The molecule has 36 heavy (non-hydrogen) atoms. The van der Waals surface area contributed by atoms with Crippen molar-refractivity contribution in [1.29, 1.82) is 0 Å². The summed E-state index contributed by atoms with van der Waals surface area (Å²) < 4.78 is 0. The third kappa shape index (κ3) is 13.5. The van der Waals surface area contributed by atoms with Gasteiger partial charge in [0.25, 0.3) is 0 Å². The number of benzene rings is 3. The Balaban J connectivity index is -0.000000440. The summed E-state index contributed by atoms with van der Waals surface area (Å²) in [6, 6.07) is 27.0. The zero-order chi connectivity index (χ0) is 25.0. The van der Waals surface area contributed by atoms with Gasteiger partial charge in [-0.2, -0.15) is 0 Å². The van der Waals surface area contributed by atoms with Crippen LogP contribution in [0.2, 0.25) is 0 Å². The second-order valence-corrected chi connectivity index (χ2v) is 9.36. The highest BCUT2D eigenvalue weighted by Crippen LogP contribution is 2.22. The molecular formula is C36H52. The summed E-state index contributed by atoms with van der Waals surface area (Å²) in [6.45, 7) is 28.0. The molecule has 0 N–H and O–H groups in total. The van der Waals surface area contributed by atoms with Gasteiger partial charge in [0, 0.05) is 0 Å². The Hall–Kier alpha value is -3.38. The molecule has 0 aliphatic carbocycles. The van der Waals surface area contributed by atoms with Gasteiger partial charge in [0.05, 0.1) is 0 Å². The average Bonchev–Trinajstić information content (AvgIpc) is 2.80. The number of allylic oxidation sites excluding steroid dienone is 3. The first-order valence-electron chi connectivity index (χ1n) is 11.3.